The number of hydrogen-bond acceptors (Lipinski definition) is 1. The molecule has 15 heavy (non-hydrogen) atoms. The Kier molecular flexibility index (Phi) is 4.49. The van der Waals surface area contributed by atoms with Crippen LogP contribution in [0.2, 0.25) is 0 Å². The quantitative estimate of drug-likeness (QED) is 0.696. The SMILES string of the molecule is C[C@H](NC1CCCC1)C1CCCCCC1. The molecule has 0 spiro atoms. The minimum Gasteiger partial charge on any atom is -0.311 e. The van der Waals surface area contributed by atoms with Crippen LogP contribution in [-0.2, 0) is 0 Å². The summed E-state index contributed by atoms with van der Waals surface area (Å²) in [6, 6.07) is 1.62. The molecule has 2 saturated carbocycles. The molecule has 0 heterocycles. The molecule has 88 valence electrons. The zero-order valence-electron chi connectivity index (χ0n) is 10.3. The predicted molar refractivity (Wildman–Crippen MR) is 66.0 cm³/mol. The fraction of sp³-hybridized carbons (Fsp3) is 1.00. The molecule has 0 aromatic heterocycles. The first-order valence-electron chi connectivity index (χ1n) is 7.12. The van der Waals surface area contributed by atoms with Gasteiger partial charge in [0.05, 0.1) is 0 Å². The summed E-state index contributed by atoms with van der Waals surface area (Å²) in [5, 5.41) is 3.88. The van der Waals surface area contributed by atoms with Crippen LogP contribution in [0.3, 0.4) is 0 Å². The minimum absolute atomic E-state index is 0.770. The molecule has 2 rings (SSSR count). The summed E-state index contributed by atoms with van der Waals surface area (Å²) in [4.78, 5) is 0. The zero-order valence-corrected chi connectivity index (χ0v) is 10.3. The minimum atomic E-state index is 0.770. The molecule has 2 fully saturated rings. The smallest absolute Gasteiger partial charge is 0.00696 e. The summed E-state index contributed by atoms with van der Waals surface area (Å²) in [7, 11) is 0. The Bertz CT molecular complexity index is 164. The normalized spacial score (nSPS) is 27.8. The molecule has 0 unspecified atom stereocenters. The highest BCUT2D eigenvalue weighted by molar-refractivity contribution is 4.81. The van der Waals surface area contributed by atoms with Gasteiger partial charge in [0.25, 0.3) is 0 Å². The monoisotopic (exact) mass is 209 g/mol. The second-order valence-corrected chi connectivity index (χ2v) is 5.69. The van der Waals surface area contributed by atoms with E-state index in [1.54, 1.807) is 0 Å². The van der Waals surface area contributed by atoms with E-state index in [1.165, 1.54) is 64.2 Å². The molecule has 1 heteroatoms. The van der Waals surface area contributed by atoms with Gasteiger partial charge < -0.3 is 5.32 Å². The van der Waals surface area contributed by atoms with Crippen LogP contribution in [0.5, 0.6) is 0 Å². The van der Waals surface area contributed by atoms with Gasteiger partial charge in [-0.05, 0) is 38.5 Å². The third kappa shape index (κ3) is 3.48. The molecule has 1 nitrogen and oxygen atoms in total. The number of rotatable bonds is 3. The third-order valence-electron chi connectivity index (χ3n) is 4.46. The largest absolute Gasteiger partial charge is 0.311 e. The maximum absolute atomic E-state index is 3.88. The fourth-order valence-electron chi connectivity index (χ4n) is 3.41. The van der Waals surface area contributed by atoms with Crippen LogP contribution in [0.1, 0.15) is 71.1 Å². The highest BCUT2D eigenvalue weighted by Crippen LogP contribution is 2.27. The van der Waals surface area contributed by atoms with Gasteiger partial charge in [-0.25, -0.2) is 0 Å². The Morgan fingerprint density at radius 2 is 1.33 bits per heavy atom. The molecule has 0 amide bonds. The first-order valence-corrected chi connectivity index (χ1v) is 7.12. The van der Waals surface area contributed by atoms with Gasteiger partial charge in [0.1, 0.15) is 0 Å². The molecule has 0 aliphatic heterocycles. The lowest BCUT2D eigenvalue weighted by atomic mass is 9.92. The summed E-state index contributed by atoms with van der Waals surface area (Å²) in [5.74, 6) is 0.966. The third-order valence-corrected chi connectivity index (χ3v) is 4.46. The van der Waals surface area contributed by atoms with Gasteiger partial charge in [-0.3, -0.25) is 0 Å². The fourth-order valence-corrected chi connectivity index (χ4v) is 3.41. The van der Waals surface area contributed by atoms with E-state index in [-0.39, 0.29) is 0 Å². The first kappa shape index (κ1) is 11.4. The average Bonchev–Trinajstić information content (AvgIpc) is 2.58. The molecule has 2 aliphatic rings. The highest BCUT2D eigenvalue weighted by atomic mass is 15.0. The maximum atomic E-state index is 3.88. The summed E-state index contributed by atoms with van der Waals surface area (Å²) >= 11 is 0. The summed E-state index contributed by atoms with van der Waals surface area (Å²) in [6.07, 6.45) is 14.6. The van der Waals surface area contributed by atoms with Crippen molar-refractivity contribution in [1.82, 2.24) is 5.32 Å². The molecular formula is C14H27N. The van der Waals surface area contributed by atoms with Gasteiger partial charge in [0, 0.05) is 12.1 Å². The van der Waals surface area contributed by atoms with Gasteiger partial charge >= 0.3 is 0 Å². The molecule has 0 aromatic carbocycles. The van der Waals surface area contributed by atoms with Crippen LogP contribution in [0.15, 0.2) is 0 Å². The van der Waals surface area contributed by atoms with E-state index in [0.717, 1.165) is 18.0 Å². The van der Waals surface area contributed by atoms with Crippen LogP contribution >= 0.6 is 0 Å². The van der Waals surface area contributed by atoms with Crippen molar-refractivity contribution >= 4 is 0 Å². The van der Waals surface area contributed by atoms with Crippen molar-refractivity contribution in [2.75, 3.05) is 0 Å². The highest BCUT2D eigenvalue weighted by Gasteiger charge is 2.23. The second kappa shape index (κ2) is 5.89. The van der Waals surface area contributed by atoms with Crippen LogP contribution in [0.25, 0.3) is 0 Å². The first-order chi connectivity index (χ1) is 7.36. The van der Waals surface area contributed by atoms with Gasteiger partial charge in [-0.2, -0.15) is 0 Å². The lowest BCUT2D eigenvalue weighted by Crippen LogP contribution is -2.39. The summed E-state index contributed by atoms with van der Waals surface area (Å²) in [5.41, 5.74) is 0. The predicted octanol–water partition coefficient (Wildman–Crippen LogP) is 3.88. The van der Waals surface area contributed by atoms with E-state index < -0.39 is 0 Å². The molecule has 1 atom stereocenters. The zero-order chi connectivity index (χ0) is 10.5. The number of hydrogen-bond donors (Lipinski definition) is 1. The Hall–Kier alpha value is -0.0400. The van der Waals surface area contributed by atoms with Gasteiger partial charge in [0.15, 0.2) is 0 Å². The van der Waals surface area contributed by atoms with Crippen LogP contribution in [-0.4, -0.2) is 12.1 Å². The van der Waals surface area contributed by atoms with Crippen molar-refractivity contribution in [3.8, 4) is 0 Å². The van der Waals surface area contributed by atoms with Gasteiger partial charge in [0.2, 0.25) is 0 Å². The molecule has 0 bridgehead atoms. The maximum Gasteiger partial charge on any atom is 0.00696 e. The lowest BCUT2D eigenvalue weighted by Gasteiger charge is -2.26. The van der Waals surface area contributed by atoms with Gasteiger partial charge in [-0.15, -0.1) is 0 Å². The van der Waals surface area contributed by atoms with E-state index in [0.29, 0.717) is 0 Å². The second-order valence-electron chi connectivity index (χ2n) is 5.69. The van der Waals surface area contributed by atoms with Crippen molar-refractivity contribution in [3.05, 3.63) is 0 Å². The van der Waals surface area contributed by atoms with Crippen molar-refractivity contribution in [1.29, 1.82) is 0 Å². The summed E-state index contributed by atoms with van der Waals surface area (Å²) in [6.45, 7) is 2.42. The van der Waals surface area contributed by atoms with E-state index >= 15 is 0 Å². The van der Waals surface area contributed by atoms with E-state index in [2.05, 4.69) is 12.2 Å². The van der Waals surface area contributed by atoms with Crippen molar-refractivity contribution in [3.63, 3.8) is 0 Å². The standard InChI is InChI=1S/C14H27N/c1-12(15-14-10-6-7-11-14)13-8-4-2-3-5-9-13/h12-15H,2-11H2,1H3/t12-/m0/s1. The van der Waals surface area contributed by atoms with E-state index in [1.807, 2.05) is 0 Å². The van der Waals surface area contributed by atoms with Crippen LogP contribution < -0.4 is 5.32 Å². The van der Waals surface area contributed by atoms with Crippen LogP contribution in [0, 0.1) is 5.92 Å². The molecule has 0 radical (unpaired) electrons. The molecule has 1 N–H and O–H groups in total. The molecule has 0 aromatic rings. The number of nitrogens with one attached hydrogen (secondary N) is 1. The Labute approximate surface area is 95.0 Å². The average molecular weight is 209 g/mol. The Balaban J connectivity index is 1.74. The van der Waals surface area contributed by atoms with E-state index in [9.17, 15) is 0 Å². The Morgan fingerprint density at radius 1 is 0.800 bits per heavy atom. The topological polar surface area (TPSA) is 12.0 Å². The lowest BCUT2D eigenvalue weighted by molar-refractivity contribution is 0.309. The van der Waals surface area contributed by atoms with Crippen molar-refractivity contribution in [2.24, 2.45) is 5.92 Å². The molecular weight excluding hydrogens is 182 g/mol. The van der Waals surface area contributed by atoms with Crippen LogP contribution in [0.4, 0.5) is 0 Å². The van der Waals surface area contributed by atoms with E-state index in [4.69, 9.17) is 0 Å². The molecule has 0 saturated heterocycles. The van der Waals surface area contributed by atoms with Gasteiger partial charge in [-0.1, -0.05) is 38.5 Å². The van der Waals surface area contributed by atoms with Crippen molar-refractivity contribution < 1.29 is 0 Å². The Morgan fingerprint density at radius 3 is 1.93 bits per heavy atom. The molecule has 2 aliphatic carbocycles. The summed E-state index contributed by atoms with van der Waals surface area (Å²) < 4.78 is 0. The van der Waals surface area contributed by atoms with Crippen molar-refractivity contribution in [2.45, 2.75) is 83.2 Å².